The lowest BCUT2D eigenvalue weighted by atomic mass is 10.1. The molecule has 0 atom stereocenters. The Morgan fingerprint density at radius 3 is 1.81 bits per heavy atom. The Labute approximate surface area is 130 Å². The lowest BCUT2D eigenvalue weighted by molar-refractivity contribution is -0.134. The molecule has 0 unspecified atom stereocenters. The summed E-state index contributed by atoms with van der Waals surface area (Å²) in [4.78, 5) is 19.1. The summed E-state index contributed by atoms with van der Waals surface area (Å²) >= 11 is 0. The second-order valence-corrected chi connectivity index (χ2v) is 5.00. The van der Waals surface area contributed by atoms with Gasteiger partial charge in [0.15, 0.2) is 0 Å². The van der Waals surface area contributed by atoms with E-state index in [0.717, 1.165) is 32.5 Å². The number of carbonyl (C=O) groups is 2. The van der Waals surface area contributed by atoms with Gasteiger partial charge >= 0.3 is 0 Å². The molecule has 0 aliphatic carbocycles. The summed E-state index contributed by atoms with van der Waals surface area (Å²) in [5.41, 5.74) is 0. The fraction of sp³-hybridized carbons (Fsp3) is 0.667. The van der Waals surface area contributed by atoms with Crippen molar-refractivity contribution in [1.29, 1.82) is 0 Å². The van der Waals surface area contributed by atoms with Crippen LogP contribution in [0.4, 0.5) is 0 Å². The van der Waals surface area contributed by atoms with Gasteiger partial charge in [0, 0.05) is 13.3 Å². The average Bonchev–Trinajstić information content (AvgIpc) is 2.43. The van der Waals surface area contributed by atoms with Crippen LogP contribution in [0.2, 0.25) is 0 Å². The van der Waals surface area contributed by atoms with Crippen LogP contribution in [-0.2, 0) is 9.59 Å². The number of hydrogen-bond acceptors (Lipinski definition) is 2. The summed E-state index contributed by atoms with van der Waals surface area (Å²) in [5.74, 6) is -0.833. The number of carboxylic acids is 1. The standard InChI is InChI=1S/C16H28O.C2H4O2/c1-2-3-4-5-6-7-8-9-10-11-12-13-14-15-16-17;1-2(3)4/h5-6,8-9,16H,2-4,7,10-15H2,1H3;1H3,(H,3,4)/b6-5-,9-8+;. The molecule has 3 nitrogen and oxygen atoms in total. The van der Waals surface area contributed by atoms with Crippen molar-refractivity contribution in [3.63, 3.8) is 0 Å². The van der Waals surface area contributed by atoms with E-state index in [1.807, 2.05) is 0 Å². The molecule has 0 bridgehead atoms. The molecule has 0 aromatic heterocycles. The first-order valence-electron chi connectivity index (χ1n) is 8.08. The molecule has 0 aromatic carbocycles. The molecule has 0 aliphatic heterocycles. The highest BCUT2D eigenvalue weighted by atomic mass is 16.4. The Kier molecular flexibility index (Phi) is 21.8. The number of carboxylic acid groups (broad SMARTS) is 1. The molecule has 0 radical (unpaired) electrons. The summed E-state index contributed by atoms with van der Waals surface area (Å²) < 4.78 is 0. The molecule has 0 saturated heterocycles. The van der Waals surface area contributed by atoms with Crippen molar-refractivity contribution < 1.29 is 14.7 Å². The number of aliphatic carboxylic acids is 1. The van der Waals surface area contributed by atoms with Crippen molar-refractivity contribution >= 4 is 12.3 Å². The third-order valence-electron chi connectivity index (χ3n) is 2.77. The predicted octanol–water partition coefficient (Wildman–Crippen LogP) is 5.31. The van der Waals surface area contributed by atoms with Crippen LogP contribution in [0.15, 0.2) is 24.3 Å². The van der Waals surface area contributed by atoms with Crippen molar-refractivity contribution in [3.8, 4) is 0 Å². The largest absolute Gasteiger partial charge is 0.481 e. The summed E-state index contributed by atoms with van der Waals surface area (Å²) in [7, 11) is 0. The number of carbonyl (C=O) groups excluding carboxylic acids is 1. The Balaban J connectivity index is 0. The smallest absolute Gasteiger partial charge is 0.300 e. The quantitative estimate of drug-likeness (QED) is 0.301. The van der Waals surface area contributed by atoms with Crippen molar-refractivity contribution in [2.45, 2.75) is 78.1 Å². The topological polar surface area (TPSA) is 54.4 Å². The van der Waals surface area contributed by atoms with E-state index in [1.54, 1.807) is 0 Å². The van der Waals surface area contributed by atoms with Gasteiger partial charge in [-0.3, -0.25) is 4.79 Å². The lowest BCUT2D eigenvalue weighted by Gasteiger charge is -1.95. The number of aldehydes is 1. The maximum atomic E-state index is 10.1. The molecule has 0 saturated carbocycles. The van der Waals surface area contributed by atoms with Gasteiger partial charge in [-0.05, 0) is 32.1 Å². The van der Waals surface area contributed by atoms with Crippen LogP contribution in [-0.4, -0.2) is 17.4 Å². The van der Waals surface area contributed by atoms with Gasteiger partial charge < -0.3 is 9.90 Å². The fourth-order valence-electron chi connectivity index (χ4n) is 1.67. The first-order valence-corrected chi connectivity index (χ1v) is 8.08. The van der Waals surface area contributed by atoms with E-state index >= 15 is 0 Å². The van der Waals surface area contributed by atoms with Crippen LogP contribution < -0.4 is 0 Å². The van der Waals surface area contributed by atoms with Crippen molar-refractivity contribution in [3.05, 3.63) is 24.3 Å². The average molecular weight is 296 g/mol. The molecule has 0 aromatic rings. The third-order valence-corrected chi connectivity index (χ3v) is 2.77. The zero-order valence-electron chi connectivity index (χ0n) is 13.7. The first kappa shape index (κ1) is 21.9. The van der Waals surface area contributed by atoms with E-state index in [2.05, 4.69) is 31.2 Å². The highest BCUT2D eigenvalue weighted by molar-refractivity contribution is 5.62. The Morgan fingerprint density at radius 2 is 1.33 bits per heavy atom. The zero-order valence-corrected chi connectivity index (χ0v) is 13.7. The van der Waals surface area contributed by atoms with Gasteiger partial charge in [0.1, 0.15) is 6.29 Å². The Hall–Kier alpha value is -1.38. The summed E-state index contributed by atoms with van der Waals surface area (Å²) in [5, 5.41) is 7.42. The van der Waals surface area contributed by atoms with Gasteiger partial charge in [-0.25, -0.2) is 0 Å². The molecule has 0 rings (SSSR count). The van der Waals surface area contributed by atoms with Gasteiger partial charge in [0.25, 0.3) is 5.97 Å². The lowest BCUT2D eigenvalue weighted by Crippen LogP contribution is -1.79. The molecule has 0 amide bonds. The molecule has 1 N–H and O–H groups in total. The molecule has 0 aliphatic rings. The Morgan fingerprint density at radius 1 is 0.857 bits per heavy atom. The summed E-state index contributed by atoms with van der Waals surface area (Å²) in [6, 6.07) is 0. The second-order valence-electron chi connectivity index (χ2n) is 5.00. The minimum absolute atomic E-state index is 0.735. The van der Waals surface area contributed by atoms with E-state index in [0.29, 0.717) is 0 Å². The number of rotatable bonds is 12. The predicted molar refractivity (Wildman–Crippen MR) is 89.5 cm³/mol. The van der Waals surface area contributed by atoms with Crippen LogP contribution in [0, 0.1) is 0 Å². The zero-order chi connectivity index (χ0) is 16.2. The minimum Gasteiger partial charge on any atom is -0.481 e. The number of unbranched alkanes of at least 4 members (excludes halogenated alkanes) is 7. The maximum Gasteiger partial charge on any atom is 0.300 e. The van der Waals surface area contributed by atoms with E-state index in [9.17, 15) is 4.79 Å². The van der Waals surface area contributed by atoms with Gasteiger partial charge in [-0.2, -0.15) is 0 Å². The highest BCUT2D eigenvalue weighted by Gasteiger charge is 1.87. The Bertz CT molecular complexity index is 276. The third kappa shape index (κ3) is 32.3. The highest BCUT2D eigenvalue weighted by Crippen LogP contribution is 2.05. The van der Waals surface area contributed by atoms with Crippen molar-refractivity contribution in [2.75, 3.05) is 0 Å². The molecule has 21 heavy (non-hydrogen) atoms. The van der Waals surface area contributed by atoms with Crippen LogP contribution in [0.5, 0.6) is 0 Å². The van der Waals surface area contributed by atoms with Gasteiger partial charge in [0.05, 0.1) is 0 Å². The number of hydrogen-bond donors (Lipinski definition) is 1. The molecule has 0 fully saturated rings. The summed E-state index contributed by atoms with van der Waals surface area (Å²) in [6.45, 7) is 3.31. The van der Waals surface area contributed by atoms with E-state index in [1.165, 1.54) is 44.9 Å². The monoisotopic (exact) mass is 296 g/mol. The molecule has 0 spiro atoms. The molecular weight excluding hydrogens is 264 g/mol. The van der Waals surface area contributed by atoms with Crippen molar-refractivity contribution in [1.82, 2.24) is 0 Å². The van der Waals surface area contributed by atoms with Crippen LogP contribution in [0.1, 0.15) is 78.1 Å². The minimum atomic E-state index is -0.833. The molecular formula is C18H32O3. The normalized spacial score (nSPS) is 10.6. The number of allylic oxidation sites excluding steroid dienone is 4. The van der Waals surface area contributed by atoms with Crippen LogP contribution in [0.3, 0.4) is 0 Å². The molecule has 3 heteroatoms. The second kappa shape index (κ2) is 20.9. The van der Waals surface area contributed by atoms with E-state index in [4.69, 9.17) is 9.90 Å². The summed E-state index contributed by atoms with van der Waals surface area (Å²) in [6.07, 6.45) is 21.7. The molecule has 0 heterocycles. The maximum absolute atomic E-state index is 10.1. The van der Waals surface area contributed by atoms with Gasteiger partial charge in [-0.1, -0.05) is 56.9 Å². The van der Waals surface area contributed by atoms with E-state index in [-0.39, 0.29) is 0 Å². The van der Waals surface area contributed by atoms with Gasteiger partial charge in [0.2, 0.25) is 0 Å². The van der Waals surface area contributed by atoms with E-state index < -0.39 is 5.97 Å². The fourth-order valence-corrected chi connectivity index (χ4v) is 1.67. The van der Waals surface area contributed by atoms with Crippen LogP contribution >= 0.6 is 0 Å². The molecule has 122 valence electrons. The SMILES string of the molecule is CC(=O)O.CCCC/C=C\C/C=C/CCCCCCC=O. The van der Waals surface area contributed by atoms with Crippen molar-refractivity contribution in [2.24, 2.45) is 0 Å². The van der Waals surface area contributed by atoms with Gasteiger partial charge in [-0.15, -0.1) is 0 Å². The first-order chi connectivity index (χ1) is 10.1. The van der Waals surface area contributed by atoms with Crippen LogP contribution in [0.25, 0.3) is 0 Å².